The first-order valence-electron chi connectivity index (χ1n) is 10.9. The Morgan fingerprint density at radius 2 is 1.97 bits per heavy atom. The zero-order chi connectivity index (χ0) is 20.5. The number of carbonyl (C=O) groups is 1. The van der Waals surface area contributed by atoms with Crippen LogP contribution in [0.4, 0.5) is 0 Å². The fourth-order valence-electron chi connectivity index (χ4n) is 3.72. The van der Waals surface area contributed by atoms with E-state index in [0.29, 0.717) is 18.4 Å². The van der Waals surface area contributed by atoms with Crippen LogP contribution < -0.4 is 15.4 Å². The van der Waals surface area contributed by atoms with Crippen LogP contribution in [0.25, 0.3) is 0 Å². The van der Waals surface area contributed by atoms with Crippen LogP contribution in [-0.2, 0) is 11.3 Å². The zero-order valence-electron chi connectivity index (χ0n) is 18.2. The topological polar surface area (TPSA) is 69.2 Å². The number of nitrogens with one attached hydrogen (secondary N) is 2. The van der Waals surface area contributed by atoms with Crippen LogP contribution in [0.15, 0.2) is 29.3 Å². The Kier molecular flexibility index (Phi) is 10.7. The number of benzene rings is 1. The first-order chi connectivity index (χ1) is 14.2. The van der Waals surface area contributed by atoms with Crippen molar-refractivity contribution >= 4 is 35.8 Å². The van der Waals surface area contributed by atoms with E-state index in [0.717, 1.165) is 75.9 Å². The molecule has 1 saturated heterocycles. The second-order valence-corrected chi connectivity index (χ2v) is 7.77. The summed E-state index contributed by atoms with van der Waals surface area (Å²) in [6, 6.07) is 7.99. The minimum atomic E-state index is 0. The van der Waals surface area contributed by atoms with Crippen molar-refractivity contribution in [2.45, 2.75) is 32.7 Å². The van der Waals surface area contributed by atoms with Gasteiger partial charge in [0.15, 0.2) is 5.96 Å². The van der Waals surface area contributed by atoms with Gasteiger partial charge in [0.1, 0.15) is 5.75 Å². The highest BCUT2D eigenvalue weighted by Crippen LogP contribution is 2.28. The summed E-state index contributed by atoms with van der Waals surface area (Å²) in [4.78, 5) is 21.5. The molecular formula is C22H36IN5O2. The highest BCUT2D eigenvalue weighted by atomic mass is 127. The van der Waals surface area contributed by atoms with Gasteiger partial charge in [0, 0.05) is 51.7 Å². The Morgan fingerprint density at radius 1 is 1.20 bits per heavy atom. The van der Waals surface area contributed by atoms with E-state index in [2.05, 4.69) is 38.4 Å². The van der Waals surface area contributed by atoms with Crippen LogP contribution in [0.5, 0.6) is 5.75 Å². The second-order valence-electron chi connectivity index (χ2n) is 7.77. The van der Waals surface area contributed by atoms with Crippen LogP contribution >= 0.6 is 24.0 Å². The number of methoxy groups -OCH3 is 1. The van der Waals surface area contributed by atoms with Crippen LogP contribution in [0, 0.1) is 5.92 Å². The lowest BCUT2D eigenvalue weighted by Crippen LogP contribution is -2.52. The summed E-state index contributed by atoms with van der Waals surface area (Å²) in [5, 5.41) is 6.73. The van der Waals surface area contributed by atoms with E-state index in [9.17, 15) is 4.79 Å². The van der Waals surface area contributed by atoms with Crippen molar-refractivity contribution in [2.75, 3.05) is 52.9 Å². The molecule has 168 valence electrons. The van der Waals surface area contributed by atoms with Gasteiger partial charge >= 0.3 is 0 Å². The van der Waals surface area contributed by atoms with Crippen molar-refractivity contribution in [1.29, 1.82) is 0 Å². The number of guanidine groups is 1. The van der Waals surface area contributed by atoms with Crippen molar-refractivity contribution in [1.82, 2.24) is 20.4 Å². The highest BCUT2D eigenvalue weighted by molar-refractivity contribution is 14.0. The average molecular weight is 529 g/mol. The summed E-state index contributed by atoms with van der Waals surface area (Å²) in [5.41, 5.74) is 1.12. The molecule has 1 aliphatic carbocycles. The maximum absolute atomic E-state index is 12.4. The van der Waals surface area contributed by atoms with Crippen molar-refractivity contribution in [3.8, 4) is 5.75 Å². The van der Waals surface area contributed by atoms with E-state index in [1.807, 2.05) is 18.2 Å². The van der Waals surface area contributed by atoms with Crippen molar-refractivity contribution in [3.05, 3.63) is 29.8 Å². The standard InChI is InChI=1S/C22H35N5O2.HI/c1-3-23-22(25-17-18-6-4-9-20(16-18)29-2)24-10-11-26-12-14-27(15-13-26)21(28)19-7-5-8-19;/h4,6,9,16,19H,3,5,7-8,10-15,17H2,1-2H3,(H2,23,24,25);1H. The fraction of sp³-hybridized carbons (Fsp3) is 0.636. The van der Waals surface area contributed by atoms with Gasteiger partial charge in [-0.05, 0) is 37.5 Å². The number of rotatable bonds is 8. The molecule has 1 aromatic rings. The fourth-order valence-corrected chi connectivity index (χ4v) is 3.72. The number of hydrogen-bond donors (Lipinski definition) is 2. The van der Waals surface area contributed by atoms with Crippen LogP contribution in [-0.4, -0.2) is 74.6 Å². The van der Waals surface area contributed by atoms with Gasteiger partial charge in [-0.1, -0.05) is 18.6 Å². The summed E-state index contributed by atoms with van der Waals surface area (Å²) in [5.74, 6) is 2.37. The predicted octanol–water partition coefficient (Wildman–Crippen LogP) is 2.31. The molecule has 1 aromatic carbocycles. The van der Waals surface area contributed by atoms with Gasteiger partial charge in [-0.15, -0.1) is 24.0 Å². The molecule has 1 saturated carbocycles. The van der Waals surface area contributed by atoms with Gasteiger partial charge in [0.2, 0.25) is 5.91 Å². The molecule has 0 unspecified atom stereocenters. The monoisotopic (exact) mass is 529 g/mol. The first kappa shape index (κ1) is 24.7. The lowest BCUT2D eigenvalue weighted by atomic mass is 9.84. The summed E-state index contributed by atoms with van der Waals surface area (Å²) in [7, 11) is 1.68. The Labute approximate surface area is 197 Å². The van der Waals surface area contributed by atoms with Gasteiger partial charge in [-0.3, -0.25) is 9.69 Å². The summed E-state index contributed by atoms with van der Waals surface area (Å²) >= 11 is 0. The van der Waals surface area contributed by atoms with Crippen molar-refractivity contribution in [3.63, 3.8) is 0 Å². The third kappa shape index (κ3) is 7.30. The quantitative estimate of drug-likeness (QED) is 0.308. The Bertz CT molecular complexity index is 688. The van der Waals surface area contributed by atoms with E-state index in [-0.39, 0.29) is 24.0 Å². The van der Waals surface area contributed by atoms with Gasteiger partial charge < -0.3 is 20.3 Å². The van der Waals surface area contributed by atoms with Crippen molar-refractivity contribution in [2.24, 2.45) is 10.9 Å². The molecule has 3 rings (SSSR count). The molecule has 0 aromatic heterocycles. The van der Waals surface area contributed by atoms with E-state index < -0.39 is 0 Å². The normalized spacial score (nSPS) is 17.7. The zero-order valence-corrected chi connectivity index (χ0v) is 20.6. The Morgan fingerprint density at radius 3 is 2.60 bits per heavy atom. The number of piperazine rings is 1. The molecule has 30 heavy (non-hydrogen) atoms. The van der Waals surface area contributed by atoms with Gasteiger partial charge in [-0.2, -0.15) is 0 Å². The smallest absolute Gasteiger partial charge is 0.225 e. The lowest BCUT2D eigenvalue weighted by molar-refractivity contribution is -0.139. The van der Waals surface area contributed by atoms with Crippen LogP contribution in [0.3, 0.4) is 0 Å². The van der Waals surface area contributed by atoms with Gasteiger partial charge in [-0.25, -0.2) is 4.99 Å². The molecule has 2 fully saturated rings. The van der Waals surface area contributed by atoms with Crippen LogP contribution in [0.1, 0.15) is 31.7 Å². The number of carbonyl (C=O) groups excluding carboxylic acids is 1. The lowest BCUT2D eigenvalue weighted by Gasteiger charge is -2.38. The SMILES string of the molecule is CCNC(=NCc1cccc(OC)c1)NCCN1CCN(C(=O)C2CCC2)CC1.I. The molecule has 2 aliphatic rings. The summed E-state index contributed by atoms with van der Waals surface area (Å²) < 4.78 is 5.28. The first-order valence-corrected chi connectivity index (χ1v) is 10.9. The number of aliphatic imine (C=N–C) groups is 1. The molecule has 1 aliphatic heterocycles. The molecule has 0 radical (unpaired) electrons. The van der Waals surface area contributed by atoms with Gasteiger partial charge in [0.25, 0.3) is 0 Å². The van der Waals surface area contributed by atoms with Crippen LogP contribution in [0.2, 0.25) is 0 Å². The minimum Gasteiger partial charge on any atom is -0.497 e. The number of halogens is 1. The molecular weight excluding hydrogens is 493 g/mol. The maximum atomic E-state index is 12.4. The van der Waals surface area contributed by atoms with E-state index in [4.69, 9.17) is 4.74 Å². The third-order valence-electron chi connectivity index (χ3n) is 5.76. The van der Waals surface area contributed by atoms with E-state index in [1.54, 1.807) is 7.11 Å². The molecule has 1 amide bonds. The number of nitrogens with zero attached hydrogens (tertiary/aromatic N) is 3. The maximum Gasteiger partial charge on any atom is 0.225 e. The van der Waals surface area contributed by atoms with Crippen molar-refractivity contribution < 1.29 is 9.53 Å². The highest BCUT2D eigenvalue weighted by Gasteiger charge is 2.30. The second kappa shape index (κ2) is 13.0. The van der Waals surface area contributed by atoms with E-state index >= 15 is 0 Å². The Hall–Kier alpha value is -1.55. The van der Waals surface area contributed by atoms with Gasteiger partial charge in [0.05, 0.1) is 13.7 Å². The minimum absolute atomic E-state index is 0. The third-order valence-corrected chi connectivity index (χ3v) is 5.76. The number of hydrogen-bond acceptors (Lipinski definition) is 4. The largest absolute Gasteiger partial charge is 0.497 e. The molecule has 2 N–H and O–H groups in total. The van der Waals surface area contributed by atoms with E-state index in [1.165, 1.54) is 6.42 Å². The number of amides is 1. The molecule has 0 atom stereocenters. The Balaban J connectivity index is 0.00000320. The number of ether oxygens (including phenoxy) is 1. The molecule has 7 nitrogen and oxygen atoms in total. The molecule has 1 heterocycles. The molecule has 0 spiro atoms. The average Bonchev–Trinajstić information content (AvgIpc) is 2.71. The summed E-state index contributed by atoms with van der Waals surface area (Å²) in [6.45, 7) is 8.92. The summed E-state index contributed by atoms with van der Waals surface area (Å²) in [6.07, 6.45) is 3.39. The predicted molar refractivity (Wildman–Crippen MR) is 132 cm³/mol. The molecule has 8 heteroatoms. The molecule has 0 bridgehead atoms.